The van der Waals surface area contributed by atoms with E-state index in [2.05, 4.69) is 0 Å². The first-order valence-electron chi connectivity index (χ1n) is 3.88. The van der Waals surface area contributed by atoms with Crippen LogP contribution in [0.1, 0.15) is 10.4 Å². The van der Waals surface area contributed by atoms with E-state index in [4.69, 9.17) is 10.7 Å². The van der Waals surface area contributed by atoms with E-state index in [9.17, 15) is 21.6 Å². The average molecular weight is 282 g/mol. The summed E-state index contributed by atoms with van der Waals surface area (Å²) in [5.41, 5.74) is -0.0935. The van der Waals surface area contributed by atoms with Crippen LogP contribution in [0.4, 0.5) is 0 Å². The molecule has 0 fully saturated rings. The van der Waals surface area contributed by atoms with Crippen molar-refractivity contribution in [3.63, 3.8) is 0 Å². The number of rotatable bonds is 1. The molecule has 0 bridgehead atoms. The molecule has 1 N–H and O–H groups in total. The van der Waals surface area contributed by atoms with E-state index >= 15 is 0 Å². The quantitative estimate of drug-likeness (QED) is 0.733. The number of fused-ring (bicyclic) bond motifs is 1. The number of halogens is 1. The summed E-state index contributed by atoms with van der Waals surface area (Å²) in [6, 6.07) is 3.02. The van der Waals surface area contributed by atoms with Gasteiger partial charge in [0.2, 0.25) is 0 Å². The highest BCUT2D eigenvalue weighted by atomic mass is 35.7. The zero-order chi connectivity index (χ0) is 12.1. The molecule has 0 saturated carbocycles. The molecule has 0 radical (unpaired) electrons. The smallest absolute Gasteiger partial charge is 0.266 e. The first kappa shape index (κ1) is 11.4. The van der Waals surface area contributed by atoms with Gasteiger partial charge in [-0.3, -0.25) is 4.79 Å². The summed E-state index contributed by atoms with van der Waals surface area (Å²) < 4.78 is 46.5. The standard InChI is InChI=1S/C7H4ClNO5S2/c8-15(11,12)4-1-2-5-6(3-4)16(13,14)9-7(5)10/h1-3H,(H,9,10). The molecule has 2 rings (SSSR count). The Labute approximate surface area is 95.7 Å². The third-order valence-electron chi connectivity index (χ3n) is 2.00. The third-order valence-corrected chi connectivity index (χ3v) is 4.72. The van der Waals surface area contributed by atoms with Gasteiger partial charge in [0.25, 0.3) is 25.0 Å². The van der Waals surface area contributed by atoms with Gasteiger partial charge in [-0.2, -0.15) is 0 Å². The fourth-order valence-electron chi connectivity index (χ4n) is 1.30. The largest absolute Gasteiger partial charge is 0.268 e. The van der Waals surface area contributed by atoms with E-state index in [-0.39, 0.29) is 15.4 Å². The first-order chi connectivity index (χ1) is 7.22. The maximum atomic E-state index is 11.4. The lowest BCUT2D eigenvalue weighted by molar-refractivity contribution is 0.0985. The minimum Gasteiger partial charge on any atom is -0.268 e. The number of sulfonamides is 1. The van der Waals surface area contributed by atoms with Gasteiger partial charge in [-0.05, 0) is 18.2 Å². The van der Waals surface area contributed by atoms with Gasteiger partial charge < -0.3 is 0 Å². The molecule has 9 heteroatoms. The third kappa shape index (κ3) is 1.68. The Bertz CT molecular complexity index is 691. The molecule has 1 aromatic carbocycles. The van der Waals surface area contributed by atoms with Crippen molar-refractivity contribution in [2.75, 3.05) is 0 Å². The van der Waals surface area contributed by atoms with Crippen molar-refractivity contribution in [2.45, 2.75) is 9.79 Å². The Hall–Kier alpha value is -1.12. The second-order valence-electron chi connectivity index (χ2n) is 3.03. The second-order valence-corrected chi connectivity index (χ2v) is 7.25. The van der Waals surface area contributed by atoms with E-state index in [1.807, 2.05) is 0 Å². The van der Waals surface area contributed by atoms with Gasteiger partial charge >= 0.3 is 0 Å². The molecule has 0 unspecified atom stereocenters. The molecule has 1 aliphatic rings. The van der Waals surface area contributed by atoms with Crippen molar-refractivity contribution in [2.24, 2.45) is 0 Å². The van der Waals surface area contributed by atoms with Crippen molar-refractivity contribution in [1.29, 1.82) is 0 Å². The first-order valence-corrected chi connectivity index (χ1v) is 7.67. The van der Waals surface area contributed by atoms with Gasteiger partial charge in [0.1, 0.15) is 4.90 Å². The molecule has 0 saturated heterocycles. The average Bonchev–Trinajstić information content (AvgIpc) is 2.36. The van der Waals surface area contributed by atoms with Gasteiger partial charge in [0.15, 0.2) is 0 Å². The van der Waals surface area contributed by atoms with Crippen LogP contribution in [0.5, 0.6) is 0 Å². The maximum Gasteiger partial charge on any atom is 0.266 e. The molecule has 1 amide bonds. The van der Waals surface area contributed by atoms with Crippen LogP contribution in [-0.2, 0) is 19.1 Å². The lowest BCUT2D eigenvalue weighted by Crippen LogP contribution is -2.20. The number of nitrogens with one attached hydrogen (secondary N) is 1. The normalized spacial score (nSPS) is 17.9. The highest BCUT2D eigenvalue weighted by molar-refractivity contribution is 8.13. The molecule has 0 spiro atoms. The molecule has 6 nitrogen and oxygen atoms in total. The van der Waals surface area contributed by atoms with E-state index < -0.39 is 25.0 Å². The highest BCUT2D eigenvalue weighted by Crippen LogP contribution is 2.26. The molecular weight excluding hydrogens is 278 g/mol. The van der Waals surface area contributed by atoms with Gasteiger partial charge in [-0.15, -0.1) is 0 Å². The number of amides is 1. The minimum atomic E-state index is -4.02. The molecule has 0 atom stereocenters. The lowest BCUT2D eigenvalue weighted by atomic mass is 10.2. The zero-order valence-corrected chi connectivity index (χ0v) is 9.86. The van der Waals surface area contributed by atoms with Gasteiger partial charge in [0.05, 0.1) is 10.5 Å². The number of benzene rings is 1. The van der Waals surface area contributed by atoms with Crippen molar-refractivity contribution in [3.05, 3.63) is 23.8 Å². The van der Waals surface area contributed by atoms with E-state index in [0.717, 1.165) is 18.2 Å². The molecule has 1 aromatic rings. The predicted molar refractivity (Wildman–Crippen MR) is 54.1 cm³/mol. The van der Waals surface area contributed by atoms with Crippen LogP contribution in [0.15, 0.2) is 28.0 Å². The molecule has 1 heterocycles. The fraction of sp³-hybridized carbons (Fsp3) is 0. The van der Waals surface area contributed by atoms with E-state index in [0.29, 0.717) is 0 Å². The summed E-state index contributed by atoms with van der Waals surface area (Å²) in [5, 5.41) is 0. The number of hydrogen-bond donors (Lipinski definition) is 1. The summed E-state index contributed by atoms with van der Waals surface area (Å²) in [6.07, 6.45) is 0. The Morgan fingerprint density at radius 1 is 1.25 bits per heavy atom. The van der Waals surface area contributed by atoms with Crippen molar-refractivity contribution in [3.8, 4) is 0 Å². The minimum absolute atomic E-state index is 0.0935. The lowest BCUT2D eigenvalue weighted by Gasteiger charge is -1.98. The predicted octanol–water partition coefficient (Wildman–Crippen LogP) is 0.0462. The monoisotopic (exact) mass is 281 g/mol. The second kappa shape index (κ2) is 3.19. The van der Waals surface area contributed by atoms with Crippen LogP contribution < -0.4 is 4.72 Å². The molecule has 0 aliphatic carbocycles. The molecule has 0 aromatic heterocycles. The van der Waals surface area contributed by atoms with Crippen LogP contribution >= 0.6 is 10.7 Å². The van der Waals surface area contributed by atoms with Crippen LogP contribution in [0.3, 0.4) is 0 Å². The number of hydrogen-bond acceptors (Lipinski definition) is 5. The Morgan fingerprint density at radius 2 is 1.88 bits per heavy atom. The van der Waals surface area contributed by atoms with Crippen molar-refractivity contribution in [1.82, 2.24) is 4.72 Å². The Morgan fingerprint density at radius 3 is 2.44 bits per heavy atom. The summed E-state index contributed by atoms with van der Waals surface area (Å²) in [5.74, 6) is -0.784. The summed E-state index contributed by atoms with van der Waals surface area (Å²) in [4.78, 5) is 10.4. The summed E-state index contributed by atoms with van der Waals surface area (Å²) >= 11 is 0. The number of carbonyl (C=O) groups is 1. The van der Waals surface area contributed by atoms with E-state index in [1.165, 1.54) is 0 Å². The molecule has 1 aliphatic heterocycles. The molecule has 16 heavy (non-hydrogen) atoms. The van der Waals surface area contributed by atoms with Gasteiger partial charge in [-0.25, -0.2) is 21.6 Å². The number of carbonyl (C=O) groups excluding carboxylic acids is 1. The fourth-order valence-corrected chi connectivity index (χ4v) is 3.34. The Kier molecular flexibility index (Phi) is 2.26. The Balaban J connectivity index is 2.79. The van der Waals surface area contributed by atoms with E-state index in [1.54, 1.807) is 4.72 Å². The van der Waals surface area contributed by atoms with Crippen molar-refractivity contribution >= 4 is 35.7 Å². The van der Waals surface area contributed by atoms with Crippen molar-refractivity contribution < 1.29 is 21.6 Å². The maximum absolute atomic E-state index is 11.4. The van der Waals surface area contributed by atoms with Crippen LogP contribution in [0.25, 0.3) is 0 Å². The summed E-state index contributed by atoms with van der Waals surface area (Å²) in [7, 11) is -2.92. The van der Waals surface area contributed by atoms with Gasteiger partial charge in [0, 0.05) is 10.7 Å². The molecular formula is C7H4ClNO5S2. The summed E-state index contributed by atoms with van der Waals surface area (Å²) in [6.45, 7) is 0. The van der Waals surface area contributed by atoms with Crippen LogP contribution in [-0.4, -0.2) is 22.7 Å². The highest BCUT2D eigenvalue weighted by Gasteiger charge is 2.33. The topological polar surface area (TPSA) is 97.4 Å². The molecule has 86 valence electrons. The van der Waals surface area contributed by atoms with Gasteiger partial charge in [-0.1, -0.05) is 0 Å². The zero-order valence-electron chi connectivity index (χ0n) is 7.47. The SMILES string of the molecule is O=C1NS(=O)(=O)c2cc(S(=O)(=O)Cl)ccc21. The van der Waals surface area contributed by atoms with Crippen LogP contribution in [0.2, 0.25) is 0 Å². The van der Waals surface area contributed by atoms with Crippen LogP contribution in [0, 0.1) is 0 Å².